The molecule has 1 amide bonds. The summed E-state index contributed by atoms with van der Waals surface area (Å²) in [6.45, 7) is 9.37. The number of ether oxygens (including phenoxy) is 1. The highest BCUT2D eigenvalue weighted by Gasteiger charge is 2.30. The Morgan fingerprint density at radius 2 is 2.00 bits per heavy atom. The van der Waals surface area contributed by atoms with Gasteiger partial charge in [-0.3, -0.25) is 0 Å². The molecule has 7 nitrogen and oxygen atoms in total. The van der Waals surface area contributed by atoms with Gasteiger partial charge in [-0.05, 0) is 40.0 Å². The molecule has 0 aromatic carbocycles. The summed E-state index contributed by atoms with van der Waals surface area (Å²) in [5.41, 5.74) is -0.508. The van der Waals surface area contributed by atoms with Crippen molar-refractivity contribution in [1.82, 2.24) is 14.9 Å². The lowest BCUT2D eigenvalue weighted by Crippen LogP contribution is -2.50. The highest BCUT2D eigenvalue weighted by atomic mass is 32.2. The second-order valence-corrected chi connectivity index (χ2v) is 8.77. The summed E-state index contributed by atoms with van der Waals surface area (Å²) in [5, 5.41) is 3.15. The number of carbonyl (C=O) groups excluding carboxylic acids is 1. The van der Waals surface area contributed by atoms with E-state index in [0.29, 0.717) is 26.2 Å². The highest BCUT2D eigenvalue weighted by Crippen LogP contribution is 2.19. The van der Waals surface area contributed by atoms with Crippen LogP contribution in [0.1, 0.15) is 47.0 Å². The van der Waals surface area contributed by atoms with Gasteiger partial charge in [-0.15, -0.1) is 0 Å². The predicted octanol–water partition coefficient (Wildman–Crippen LogP) is 1.30. The van der Waals surface area contributed by atoms with E-state index in [-0.39, 0.29) is 17.9 Å². The van der Waals surface area contributed by atoms with Gasteiger partial charge in [0.05, 0.1) is 5.75 Å². The van der Waals surface area contributed by atoms with E-state index in [1.807, 2.05) is 20.8 Å². The van der Waals surface area contributed by atoms with E-state index < -0.39 is 15.6 Å². The average Bonchev–Trinajstić information content (AvgIpc) is 2.42. The molecule has 23 heavy (non-hydrogen) atoms. The van der Waals surface area contributed by atoms with E-state index in [2.05, 4.69) is 10.0 Å². The summed E-state index contributed by atoms with van der Waals surface area (Å²) in [4.78, 5) is 14.0. The smallest absolute Gasteiger partial charge is 0.410 e. The molecule has 8 heteroatoms. The quantitative estimate of drug-likeness (QED) is 0.677. The fraction of sp³-hybridized carbons (Fsp3) is 0.933. The first kappa shape index (κ1) is 20.2. The molecule has 0 aliphatic carbocycles. The molecule has 136 valence electrons. The third-order valence-electron chi connectivity index (χ3n) is 3.55. The Kier molecular flexibility index (Phi) is 7.76. The highest BCUT2D eigenvalue weighted by molar-refractivity contribution is 7.89. The van der Waals surface area contributed by atoms with Gasteiger partial charge < -0.3 is 15.0 Å². The average molecular weight is 349 g/mol. The Balaban J connectivity index is 2.45. The zero-order valence-electron chi connectivity index (χ0n) is 14.7. The predicted molar refractivity (Wildman–Crippen MR) is 90.9 cm³/mol. The number of hydrogen-bond acceptors (Lipinski definition) is 5. The van der Waals surface area contributed by atoms with Crippen molar-refractivity contribution in [2.75, 3.05) is 31.9 Å². The first-order valence-electron chi connectivity index (χ1n) is 8.32. The molecule has 1 unspecified atom stereocenters. The minimum absolute atomic E-state index is 0.0417. The molecule has 0 spiro atoms. The molecule has 1 atom stereocenters. The van der Waals surface area contributed by atoms with Crippen molar-refractivity contribution in [2.45, 2.75) is 58.6 Å². The number of likely N-dealkylation sites (tertiary alicyclic amines) is 1. The molecule has 0 saturated carbocycles. The standard InChI is InChI=1S/C15H31N3O4S/c1-5-17-23(20,21)11-9-16-12-13-8-6-7-10-18(13)14(19)22-15(2,3)4/h13,16-17H,5-12H2,1-4H3. The van der Waals surface area contributed by atoms with Gasteiger partial charge in [0.25, 0.3) is 0 Å². The van der Waals surface area contributed by atoms with Crippen molar-refractivity contribution in [2.24, 2.45) is 0 Å². The fourth-order valence-electron chi connectivity index (χ4n) is 2.54. The van der Waals surface area contributed by atoms with Crippen molar-refractivity contribution in [3.63, 3.8) is 0 Å². The van der Waals surface area contributed by atoms with Crippen LogP contribution in [0.5, 0.6) is 0 Å². The van der Waals surface area contributed by atoms with E-state index in [0.717, 1.165) is 19.3 Å². The van der Waals surface area contributed by atoms with E-state index in [9.17, 15) is 13.2 Å². The number of carbonyl (C=O) groups is 1. The summed E-state index contributed by atoms with van der Waals surface area (Å²) in [7, 11) is -3.21. The summed E-state index contributed by atoms with van der Waals surface area (Å²) < 4.78 is 31.1. The van der Waals surface area contributed by atoms with Crippen LogP contribution < -0.4 is 10.0 Å². The fourth-order valence-corrected chi connectivity index (χ4v) is 3.54. The van der Waals surface area contributed by atoms with Crippen molar-refractivity contribution >= 4 is 16.1 Å². The third kappa shape index (κ3) is 7.99. The molecule has 1 aliphatic rings. The Labute approximate surface area is 140 Å². The summed E-state index contributed by atoms with van der Waals surface area (Å²) in [6.07, 6.45) is 2.67. The van der Waals surface area contributed by atoms with Crippen molar-refractivity contribution < 1.29 is 17.9 Å². The van der Waals surface area contributed by atoms with Gasteiger partial charge in [0.2, 0.25) is 10.0 Å². The van der Waals surface area contributed by atoms with Gasteiger partial charge in [-0.1, -0.05) is 6.92 Å². The van der Waals surface area contributed by atoms with E-state index in [1.165, 1.54) is 0 Å². The zero-order valence-corrected chi connectivity index (χ0v) is 15.5. The largest absolute Gasteiger partial charge is 0.444 e. The van der Waals surface area contributed by atoms with Crippen LogP contribution in [0.15, 0.2) is 0 Å². The van der Waals surface area contributed by atoms with Crippen LogP contribution in [0.25, 0.3) is 0 Å². The number of hydrogen-bond donors (Lipinski definition) is 2. The zero-order chi connectivity index (χ0) is 17.5. The monoisotopic (exact) mass is 349 g/mol. The lowest BCUT2D eigenvalue weighted by molar-refractivity contribution is 0.0100. The minimum atomic E-state index is -3.21. The van der Waals surface area contributed by atoms with Gasteiger partial charge in [0.15, 0.2) is 0 Å². The van der Waals surface area contributed by atoms with E-state index in [1.54, 1.807) is 11.8 Å². The van der Waals surface area contributed by atoms with E-state index in [4.69, 9.17) is 4.74 Å². The molecule has 1 rings (SSSR count). The van der Waals surface area contributed by atoms with Crippen LogP contribution in [0.3, 0.4) is 0 Å². The number of sulfonamides is 1. The Bertz CT molecular complexity index is 474. The van der Waals surface area contributed by atoms with Crippen LogP contribution in [-0.2, 0) is 14.8 Å². The Morgan fingerprint density at radius 3 is 2.61 bits per heavy atom. The summed E-state index contributed by atoms with van der Waals surface area (Å²) in [6, 6.07) is 0.0560. The number of piperidine rings is 1. The molecular weight excluding hydrogens is 318 g/mol. The number of rotatable bonds is 7. The summed E-state index contributed by atoms with van der Waals surface area (Å²) in [5.74, 6) is 0.0417. The minimum Gasteiger partial charge on any atom is -0.444 e. The molecular formula is C15H31N3O4S. The third-order valence-corrected chi connectivity index (χ3v) is 5.02. The first-order valence-corrected chi connectivity index (χ1v) is 9.97. The lowest BCUT2D eigenvalue weighted by atomic mass is 10.0. The maximum atomic E-state index is 12.3. The number of nitrogens with one attached hydrogen (secondary N) is 2. The van der Waals surface area contributed by atoms with E-state index >= 15 is 0 Å². The van der Waals surface area contributed by atoms with Gasteiger partial charge in [-0.2, -0.15) is 0 Å². The second kappa shape index (κ2) is 8.84. The van der Waals surface area contributed by atoms with Crippen molar-refractivity contribution in [3.05, 3.63) is 0 Å². The Hall–Kier alpha value is -0.860. The lowest BCUT2D eigenvalue weighted by Gasteiger charge is -2.36. The summed E-state index contributed by atoms with van der Waals surface area (Å²) >= 11 is 0. The molecule has 0 radical (unpaired) electrons. The van der Waals surface area contributed by atoms with Gasteiger partial charge in [0, 0.05) is 32.2 Å². The van der Waals surface area contributed by atoms with Gasteiger partial charge in [-0.25, -0.2) is 17.9 Å². The van der Waals surface area contributed by atoms with Crippen LogP contribution in [0, 0.1) is 0 Å². The SMILES string of the molecule is CCNS(=O)(=O)CCNCC1CCCCN1C(=O)OC(C)(C)C. The topological polar surface area (TPSA) is 87.7 Å². The number of amides is 1. The molecule has 0 aromatic rings. The van der Waals surface area contributed by atoms with Gasteiger partial charge >= 0.3 is 6.09 Å². The van der Waals surface area contributed by atoms with Crippen LogP contribution in [0.2, 0.25) is 0 Å². The molecule has 1 heterocycles. The molecule has 0 bridgehead atoms. The first-order chi connectivity index (χ1) is 10.6. The second-order valence-electron chi connectivity index (χ2n) is 6.84. The van der Waals surface area contributed by atoms with Gasteiger partial charge in [0.1, 0.15) is 5.60 Å². The molecule has 1 fully saturated rings. The van der Waals surface area contributed by atoms with Crippen LogP contribution >= 0.6 is 0 Å². The molecule has 1 aliphatic heterocycles. The Morgan fingerprint density at radius 1 is 1.30 bits per heavy atom. The van der Waals surface area contributed by atoms with Crippen LogP contribution in [0.4, 0.5) is 4.79 Å². The normalized spacial score (nSPS) is 19.7. The molecule has 1 saturated heterocycles. The maximum Gasteiger partial charge on any atom is 0.410 e. The number of nitrogens with zero attached hydrogens (tertiary/aromatic N) is 1. The molecule has 0 aromatic heterocycles. The maximum absolute atomic E-state index is 12.3. The van der Waals surface area contributed by atoms with Crippen molar-refractivity contribution in [3.8, 4) is 0 Å². The van der Waals surface area contributed by atoms with Crippen LogP contribution in [-0.4, -0.2) is 63.0 Å². The van der Waals surface area contributed by atoms with Crippen molar-refractivity contribution in [1.29, 1.82) is 0 Å². The molecule has 2 N–H and O–H groups in total.